The molecule has 2 heterocycles. The highest BCUT2D eigenvalue weighted by Crippen LogP contribution is 2.40. The van der Waals surface area contributed by atoms with E-state index in [1.54, 1.807) is 0 Å². The Hall–Kier alpha value is -1.21. The molecule has 1 aromatic heterocycles. The van der Waals surface area contributed by atoms with E-state index in [9.17, 15) is 13.2 Å². The summed E-state index contributed by atoms with van der Waals surface area (Å²) < 4.78 is 23.0. The maximum Gasteiger partial charge on any atom is 0.254 e. The summed E-state index contributed by atoms with van der Waals surface area (Å²) in [5.41, 5.74) is 6.04. The van der Waals surface area contributed by atoms with Crippen molar-refractivity contribution in [3.8, 4) is 0 Å². The molecule has 0 saturated heterocycles. The predicted octanol–water partition coefficient (Wildman–Crippen LogP) is -0.811. The van der Waals surface area contributed by atoms with Gasteiger partial charge in [0, 0.05) is 5.56 Å². The highest BCUT2D eigenvalue weighted by atomic mass is 32.2. The number of aromatic nitrogens is 2. The zero-order valence-electron chi connectivity index (χ0n) is 9.19. The molecule has 7 heteroatoms. The van der Waals surface area contributed by atoms with E-state index >= 15 is 0 Å². The van der Waals surface area contributed by atoms with Crippen LogP contribution in [0.5, 0.6) is 0 Å². The topological polar surface area (TPSA) is 106 Å². The molecule has 1 aliphatic heterocycles. The van der Waals surface area contributed by atoms with Crippen LogP contribution in [0.25, 0.3) is 0 Å². The predicted molar refractivity (Wildman–Crippen MR) is 61.2 cm³/mol. The van der Waals surface area contributed by atoms with Crippen LogP contribution in [-0.4, -0.2) is 24.1 Å². The lowest BCUT2D eigenvalue weighted by molar-refractivity contribution is 0.587. The summed E-state index contributed by atoms with van der Waals surface area (Å²) in [4.78, 5) is 18.7. The van der Waals surface area contributed by atoms with Gasteiger partial charge in [0.15, 0.2) is 9.84 Å². The molecule has 1 fully saturated rings. The van der Waals surface area contributed by atoms with E-state index in [-0.39, 0.29) is 23.5 Å². The third kappa shape index (κ3) is 1.79. The molecule has 0 amide bonds. The van der Waals surface area contributed by atoms with Gasteiger partial charge in [-0.15, -0.1) is 0 Å². The molecule has 0 bridgehead atoms. The Balaban J connectivity index is 2.15. The Kier molecular flexibility index (Phi) is 2.03. The first-order valence-electron chi connectivity index (χ1n) is 5.51. The Labute approximate surface area is 98.2 Å². The molecule has 0 spiro atoms. The average Bonchev–Trinajstić information content (AvgIpc) is 2.95. The minimum Gasteiger partial charge on any atom is -0.319 e. The van der Waals surface area contributed by atoms with Crippen LogP contribution in [-0.2, 0) is 27.5 Å². The van der Waals surface area contributed by atoms with Gasteiger partial charge in [0.25, 0.3) is 5.56 Å². The first kappa shape index (κ1) is 10.9. The molecule has 0 aromatic carbocycles. The average molecular weight is 255 g/mol. The fourth-order valence-electron chi connectivity index (χ4n) is 2.07. The van der Waals surface area contributed by atoms with Crippen molar-refractivity contribution >= 4 is 9.84 Å². The van der Waals surface area contributed by atoms with Gasteiger partial charge in [0.2, 0.25) is 0 Å². The van der Waals surface area contributed by atoms with Crippen LogP contribution in [0.2, 0.25) is 0 Å². The normalized spacial score (nSPS) is 24.1. The van der Waals surface area contributed by atoms with Gasteiger partial charge in [0.05, 0.1) is 22.7 Å². The number of nitrogens with zero attached hydrogens (tertiary/aromatic N) is 1. The summed E-state index contributed by atoms with van der Waals surface area (Å²) in [6.07, 6.45) is 1.81. The van der Waals surface area contributed by atoms with E-state index in [2.05, 4.69) is 9.97 Å². The van der Waals surface area contributed by atoms with E-state index in [0.29, 0.717) is 17.1 Å². The maximum atomic E-state index is 11.8. The summed E-state index contributed by atoms with van der Waals surface area (Å²) in [5.74, 6) is 0.311. The molecule has 92 valence electrons. The lowest BCUT2D eigenvalue weighted by Gasteiger charge is -2.17. The lowest BCUT2D eigenvalue weighted by atomic mass is 10.1. The van der Waals surface area contributed by atoms with Crippen molar-refractivity contribution < 1.29 is 8.42 Å². The molecule has 6 nitrogen and oxygen atoms in total. The molecular weight excluding hydrogens is 242 g/mol. The van der Waals surface area contributed by atoms with Crippen LogP contribution < -0.4 is 11.3 Å². The standard InChI is InChI=1S/C10H13N3O3S/c11-10(2-3-10)9-12-7-5-17(15,16)4-1-6(7)8(14)13-9/h1-5,11H2,(H,12,13,14). The number of nitrogens with two attached hydrogens (primary N) is 1. The molecule has 3 N–H and O–H groups in total. The van der Waals surface area contributed by atoms with Crippen LogP contribution in [0.15, 0.2) is 4.79 Å². The number of sulfone groups is 1. The molecule has 0 atom stereocenters. The highest BCUT2D eigenvalue weighted by Gasteiger charge is 2.43. The molecule has 0 unspecified atom stereocenters. The summed E-state index contributed by atoms with van der Waals surface area (Å²) >= 11 is 0. The second-order valence-corrected chi connectivity index (χ2v) is 7.02. The largest absolute Gasteiger partial charge is 0.319 e. The Morgan fingerprint density at radius 3 is 2.71 bits per heavy atom. The van der Waals surface area contributed by atoms with Crippen molar-refractivity contribution in [2.75, 3.05) is 5.75 Å². The number of nitrogens with one attached hydrogen (secondary N) is 1. The van der Waals surface area contributed by atoms with Crippen LogP contribution in [0.3, 0.4) is 0 Å². The fraction of sp³-hybridized carbons (Fsp3) is 0.600. The molecule has 0 radical (unpaired) electrons. The van der Waals surface area contributed by atoms with Gasteiger partial charge in [0.1, 0.15) is 5.82 Å². The number of H-pyrrole nitrogens is 1. The summed E-state index contributed by atoms with van der Waals surface area (Å²) in [5, 5.41) is 0. The van der Waals surface area contributed by atoms with E-state index in [1.807, 2.05) is 0 Å². The van der Waals surface area contributed by atoms with Crippen LogP contribution >= 0.6 is 0 Å². The minimum atomic E-state index is -3.11. The number of rotatable bonds is 1. The quantitative estimate of drug-likeness (QED) is 0.682. The molecule has 17 heavy (non-hydrogen) atoms. The van der Waals surface area contributed by atoms with E-state index in [4.69, 9.17) is 5.73 Å². The van der Waals surface area contributed by atoms with Crippen molar-refractivity contribution in [3.05, 3.63) is 27.4 Å². The summed E-state index contributed by atoms with van der Waals surface area (Å²) in [6.45, 7) is 0. The maximum absolute atomic E-state index is 11.8. The van der Waals surface area contributed by atoms with Gasteiger partial charge >= 0.3 is 0 Å². The number of hydrogen-bond acceptors (Lipinski definition) is 5. The molecule has 3 rings (SSSR count). The smallest absolute Gasteiger partial charge is 0.254 e. The van der Waals surface area contributed by atoms with Crippen molar-refractivity contribution in [2.45, 2.75) is 30.6 Å². The van der Waals surface area contributed by atoms with Gasteiger partial charge in [-0.05, 0) is 19.3 Å². The second kappa shape index (κ2) is 3.17. The minimum absolute atomic E-state index is 0.0257. The van der Waals surface area contributed by atoms with E-state index in [0.717, 1.165) is 12.8 Å². The summed E-state index contributed by atoms with van der Waals surface area (Å²) in [6, 6.07) is 0. The third-order valence-corrected chi connectivity index (χ3v) is 4.92. The fourth-order valence-corrected chi connectivity index (χ4v) is 3.38. The highest BCUT2D eigenvalue weighted by molar-refractivity contribution is 7.90. The van der Waals surface area contributed by atoms with Gasteiger partial charge in [-0.3, -0.25) is 4.79 Å². The Morgan fingerprint density at radius 1 is 1.35 bits per heavy atom. The second-order valence-electron chi connectivity index (χ2n) is 4.84. The van der Waals surface area contributed by atoms with Crippen LogP contribution in [0.4, 0.5) is 0 Å². The van der Waals surface area contributed by atoms with Crippen molar-refractivity contribution in [3.63, 3.8) is 0 Å². The SMILES string of the molecule is NC1(c2nc3c(c(=O)[nH]2)CCS(=O)(=O)C3)CC1. The lowest BCUT2D eigenvalue weighted by Crippen LogP contribution is -2.33. The van der Waals surface area contributed by atoms with Crippen molar-refractivity contribution in [1.82, 2.24) is 9.97 Å². The van der Waals surface area contributed by atoms with Gasteiger partial charge in [-0.1, -0.05) is 0 Å². The molecule has 1 saturated carbocycles. The molecule has 1 aromatic rings. The third-order valence-electron chi connectivity index (χ3n) is 3.38. The Bertz CT molecular complexity index is 643. The van der Waals surface area contributed by atoms with E-state index in [1.165, 1.54) is 0 Å². The van der Waals surface area contributed by atoms with Crippen molar-refractivity contribution in [2.24, 2.45) is 5.73 Å². The Morgan fingerprint density at radius 2 is 2.06 bits per heavy atom. The molecular formula is C10H13N3O3S. The molecule has 1 aliphatic carbocycles. The van der Waals surface area contributed by atoms with E-state index < -0.39 is 15.4 Å². The zero-order valence-corrected chi connectivity index (χ0v) is 10.0. The summed E-state index contributed by atoms with van der Waals surface area (Å²) in [7, 11) is -3.11. The van der Waals surface area contributed by atoms with Gasteiger partial charge < -0.3 is 10.7 Å². The monoisotopic (exact) mass is 255 g/mol. The zero-order chi connectivity index (χ0) is 12.3. The van der Waals surface area contributed by atoms with Gasteiger partial charge in [-0.25, -0.2) is 13.4 Å². The first-order valence-corrected chi connectivity index (χ1v) is 7.34. The van der Waals surface area contributed by atoms with Crippen LogP contribution in [0.1, 0.15) is 29.9 Å². The van der Waals surface area contributed by atoms with Crippen molar-refractivity contribution in [1.29, 1.82) is 0 Å². The number of hydrogen-bond donors (Lipinski definition) is 2. The van der Waals surface area contributed by atoms with Crippen LogP contribution in [0, 0.1) is 0 Å². The molecule has 2 aliphatic rings. The van der Waals surface area contributed by atoms with Gasteiger partial charge in [-0.2, -0.15) is 0 Å². The first-order chi connectivity index (χ1) is 7.90. The number of fused-ring (bicyclic) bond motifs is 1. The number of aromatic amines is 1.